The van der Waals surface area contributed by atoms with Crippen molar-refractivity contribution >= 4 is 22.9 Å². The highest BCUT2D eigenvalue weighted by Gasteiger charge is 2.24. The second kappa shape index (κ2) is 10.8. The molecule has 1 saturated carbocycles. The maximum atomic E-state index is 11.2. The predicted molar refractivity (Wildman–Crippen MR) is 119 cm³/mol. The van der Waals surface area contributed by atoms with Crippen molar-refractivity contribution in [2.45, 2.75) is 65.9 Å². The average molecular weight is 417 g/mol. The number of benzene rings is 1. The summed E-state index contributed by atoms with van der Waals surface area (Å²) in [7, 11) is 0. The molecule has 1 aliphatic carbocycles. The van der Waals surface area contributed by atoms with Gasteiger partial charge in [-0.2, -0.15) is 4.98 Å². The van der Waals surface area contributed by atoms with Crippen molar-refractivity contribution in [2.75, 3.05) is 31.2 Å². The van der Waals surface area contributed by atoms with Crippen molar-refractivity contribution in [1.82, 2.24) is 4.98 Å². The summed E-state index contributed by atoms with van der Waals surface area (Å²) in [6, 6.07) is 6.55. The van der Waals surface area contributed by atoms with Crippen LogP contribution in [0.3, 0.4) is 0 Å². The molecule has 4 rings (SSSR count). The molecular weight excluding hydrogens is 380 g/mol. The van der Waals surface area contributed by atoms with Crippen LogP contribution in [-0.4, -0.2) is 43.2 Å². The lowest BCUT2D eigenvalue weighted by Crippen LogP contribution is -2.37. The van der Waals surface area contributed by atoms with Gasteiger partial charge >= 0.3 is 0 Å². The molecule has 2 aliphatic rings. The molecule has 6 heteroatoms. The first kappa shape index (κ1) is 22.6. The first-order valence-electron chi connectivity index (χ1n) is 11.5. The van der Waals surface area contributed by atoms with E-state index in [0.29, 0.717) is 19.0 Å². The number of carbonyl (C=O) groups is 1. The van der Waals surface area contributed by atoms with Crippen LogP contribution in [0.15, 0.2) is 22.6 Å². The standard InChI is InChI=1S/C22H30N2O4.C2H6/c1-15(11-16(2)25)13-26-18-7-9-24(10-8-18)22-23-20-12-19(5-6-21(20)28-22)27-14-17-3-4-17;1-2/h5-6,12,15,17-18H,3-4,7-11,13-14H2,1-2H3;1-2H3/t15-;/m1./s1. The molecule has 1 saturated heterocycles. The van der Waals surface area contributed by atoms with E-state index in [2.05, 4.69) is 16.8 Å². The molecule has 2 aromatic rings. The highest BCUT2D eigenvalue weighted by molar-refractivity contribution is 5.76. The van der Waals surface area contributed by atoms with Crippen molar-refractivity contribution in [3.8, 4) is 5.75 Å². The summed E-state index contributed by atoms with van der Waals surface area (Å²) in [6.07, 6.45) is 5.30. The molecule has 1 atom stereocenters. The minimum atomic E-state index is 0.225. The maximum absolute atomic E-state index is 11.2. The lowest BCUT2D eigenvalue weighted by Gasteiger charge is -2.31. The molecule has 1 aromatic heterocycles. The van der Waals surface area contributed by atoms with E-state index >= 15 is 0 Å². The number of rotatable bonds is 9. The second-order valence-electron chi connectivity index (χ2n) is 8.41. The number of ketones is 1. The Morgan fingerprint density at radius 3 is 2.63 bits per heavy atom. The Labute approximate surface area is 179 Å². The highest BCUT2D eigenvalue weighted by atomic mass is 16.5. The van der Waals surface area contributed by atoms with Crippen LogP contribution >= 0.6 is 0 Å². The lowest BCUT2D eigenvalue weighted by molar-refractivity contribution is -0.118. The Balaban J connectivity index is 0.00000124. The summed E-state index contributed by atoms with van der Waals surface area (Å²) >= 11 is 0. The van der Waals surface area contributed by atoms with Crippen molar-refractivity contribution in [3.63, 3.8) is 0 Å². The minimum Gasteiger partial charge on any atom is -0.493 e. The zero-order chi connectivity index (χ0) is 21.5. The van der Waals surface area contributed by atoms with Crippen LogP contribution in [0.25, 0.3) is 11.1 Å². The molecule has 2 fully saturated rings. The third kappa shape index (κ3) is 6.46. The SMILES string of the molecule is CC.CC(=O)C[C@@H](C)COC1CCN(c2nc3cc(OCC4CC4)ccc3o2)CC1. The molecule has 0 unspecified atom stereocenters. The molecule has 166 valence electrons. The van der Waals surface area contributed by atoms with E-state index in [1.165, 1.54) is 12.8 Å². The number of oxazole rings is 1. The Bertz CT molecular complexity index is 807. The Hall–Kier alpha value is -2.08. The molecular formula is C24H36N2O4. The molecule has 1 aliphatic heterocycles. The van der Waals surface area contributed by atoms with Crippen molar-refractivity contribution in [2.24, 2.45) is 11.8 Å². The summed E-state index contributed by atoms with van der Waals surface area (Å²) in [5, 5.41) is 0. The monoisotopic (exact) mass is 416 g/mol. The molecule has 1 aromatic carbocycles. The highest BCUT2D eigenvalue weighted by Crippen LogP contribution is 2.31. The molecule has 0 amide bonds. The quantitative estimate of drug-likeness (QED) is 0.557. The van der Waals surface area contributed by atoms with E-state index in [1.807, 2.05) is 32.0 Å². The van der Waals surface area contributed by atoms with Gasteiger partial charge in [0.1, 0.15) is 17.0 Å². The summed E-state index contributed by atoms with van der Waals surface area (Å²) in [6.45, 7) is 10.9. The van der Waals surface area contributed by atoms with Crippen LogP contribution in [0.1, 0.15) is 59.8 Å². The van der Waals surface area contributed by atoms with E-state index in [-0.39, 0.29) is 17.8 Å². The largest absolute Gasteiger partial charge is 0.493 e. The molecule has 30 heavy (non-hydrogen) atoms. The third-order valence-electron chi connectivity index (χ3n) is 5.50. The van der Waals surface area contributed by atoms with Crippen LogP contribution < -0.4 is 9.64 Å². The first-order valence-corrected chi connectivity index (χ1v) is 11.5. The summed E-state index contributed by atoms with van der Waals surface area (Å²) in [5.74, 6) is 2.11. The smallest absolute Gasteiger partial charge is 0.298 e. The lowest BCUT2D eigenvalue weighted by atomic mass is 10.1. The molecule has 0 N–H and O–H groups in total. The van der Waals surface area contributed by atoms with E-state index in [0.717, 1.165) is 55.3 Å². The molecule has 0 radical (unpaired) electrons. The van der Waals surface area contributed by atoms with Crippen molar-refractivity contribution in [3.05, 3.63) is 18.2 Å². The number of piperidine rings is 1. The van der Waals surface area contributed by atoms with Gasteiger partial charge < -0.3 is 23.6 Å². The predicted octanol–water partition coefficient (Wildman–Crippen LogP) is 5.24. The number of hydrogen-bond donors (Lipinski definition) is 0. The number of carbonyl (C=O) groups excluding carboxylic acids is 1. The Morgan fingerprint density at radius 1 is 1.23 bits per heavy atom. The summed E-state index contributed by atoms with van der Waals surface area (Å²) < 4.78 is 17.8. The topological polar surface area (TPSA) is 64.8 Å². The van der Waals surface area contributed by atoms with Gasteiger partial charge in [0.2, 0.25) is 0 Å². The summed E-state index contributed by atoms with van der Waals surface area (Å²) in [4.78, 5) is 18.0. The number of hydrogen-bond acceptors (Lipinski definition) is 6. The Morgan fingerprint density at radius 2 is 1.97 bits per heavy atom. The fourth-order valence-corrected chi connectivity index (χ4v) is 3.68. The summed E-state index contributed by atoms with van der Waals surface area (Å²) in [5.41, 5.74) is 1.64. The van der Waals surface area contributed by atoms with Crippen LogP contribution in [0.4, 0.5) is 6.01 Å². The fourth-order valence-electron chi connectivity index (χ4n) is 3.68. The normalized spacial score (nSPS) is 18.1. The van der Waals surface area contributed by atoms with Gasteiger partial charge in [0.15, 0.2) is 5.58 Å². The fraction of sp³-hybridized carbons (Fsp3) is 0.667. The van der Waals surface area contributed by atoms with Crippen LogP contribution in [0.5, 0.6) is 5.75 Å². The minimum absolute atomic E-state index is 0.225. The molecule has 0 spiro atoms. The van der Waals surface area contributed by atoms with E-state index in [1.54, 1.807) is 6.92 Å². The van der Waals surface area contributed by atoms with Gasteiger partial charge in [-0.05, 0) is 56.6 Å². The van der Waals surface area contributed by atoms with E-state index in [9.17, 15) is 4.79 Å². The number of fused-ring (bicyclic) bond motifs is 1. The zero-order valence-corrected chi connectivity index (χ0v) is 18.9. The molecule has 0 bridgehead atoms. The van der Waals surface area contributed by atoms with Gasteiger partial charge in [-0.3, -0.25) is 0 Å². The van der Waals surface area contributed by atoms with Crippen LogP contribution in [0.2, 0.25) is 0 Å². The maximum Gasteiger partial charge on any atom is 0.298 e. The van der Waals surface area contributed by atoms with Gasteiger partial charge in [-0.1, -0.05) is 20.8 Å². The number of ether oxygens (including phenoxy) is 2. The van der Waals surface area contributed by atoms with Crippen LogP contribution in [-0.2, 0) is 9.53 Å². The van der Waals surface area contributed by atoms with E-state index < -0.39 is 0 Å². The second-order valence-corrected chi connectivity index (χ2v) is 8.41. The zero-order valence-electron chi connectivity index (χ0n) is 18.9. The van der Waals surface area contributed by atoms with Crippen molar-refractivity contribution < 1.29 is 18.7 Å². The number of aromatic nitrogens is 1. The van der Waals surface area contributed by atoms with Gasteiger partial charge in [-0.15, -0.1) is 0 Å². The average Bonchev–Trinajstić information content (AvgIpc) is 3.49. The van der Waals surface area contributed by atoms with E-state index in [4.69, 9.17) is 13.9 Å². The van der Waals surface area contributed by atoms with Gasteiger partial charge in [-0.25, -0.2) is 0 Å². The number of anilines is 1. The number of Topliss-reactive ketones (excluding diaryl/α,β-unsaturated/α-hetero) is 1. The van der Waals surface area contributed by atoms with Gasteiger partial charge in [0, 0.05) is 32.2 Å². The third-order valence-corrected chi connectivity index (χ3v) is 5.50. The number of nitrogens with zero attached hydrogens (tertiary/aromatic N) is 2. The first-order chi connectivity index (χ1) is 14.6. The molecule has 2 heterocycles. The van der Waals surface area contributed by atoms with Gasteiger partial charge in [0.05, 0.1) is 12.7 Å². The van der Waals surface area contributed by atoms with Crippen molar-refractivity contribution in [1.29, 1.82) is 0 Å². The van der Waals surface area contributed by atoms with Gasteiger partial charge in [0.25, 0.3) is 6.01 Å². The Kier molecular flexibility index (Phi) is 8.14. The molecule has 6 nitrogen and oxygen atoms in total. The van der Waals surface area contributed by atoms with Crippen LogP contribution in [0, 0.1) is 11.8 Å².